The highest BCUT2D eigenvalue weighted by Crippen LogP contribution is 2.49. The first-order valence-corrected chi connectivity index (χ1v) is 7.36. The summed E-state index contributed by atoms with van der Waals surface area (Å²) in [5.41, 5.74) is 0. The SMILES string of the molecule is COC(=O)C(C)C(C)NC(C)C1CC2CCC1C2. The summed E-state index contributed by atoms with van der Waals surface area (Å²) in [7, 11) is 1.46. The minimum Gasteiger partial charge on any atom is -0.469 e. The highest BCUT2D eigenvalue weighted by Gasteiger charge is 2.42. The van der Waals surface area contributed by atoms with Gasteiger partial charge >= 0.3 is 5.97 Å². The number of methoxy groups -OCH3 is 1. The van der Waals surface area contributed by atoms with E-state index in [1.807, 2.05) is 6.92 Å². The van der Waals surface area contributed by atoms with Gasteiger partial charge in [-0.25, -0.2) is 0 Å². The van der Waals surface area contributed by atoms with Crippen LogP contribution in [-0.2, 0) is 9.53 Å². The van der Waals surface area contributed by atoms with Crippen molar-refractivity contribution in [1.29, 1.82) is 0 Å². The highest BCUT2D eigenvalue weighted by atomic mass is 16.5. The van der Waals surface area contributed by atoms with Gasteiger partial charge in [0.2, 0.25) is 0 Å². The smallest absolute Gasteiger partial charge is 0.309 e. The molecule has 6 unspecified atom stereocenters. The molecule has 0 aromatic carbocycles. The molecular formula is C15H27NO2. The van der Waals surface area contributed by atoms with E-state index in [2.05, 4.69) is 19.2 Å². The van der Waals surface area contributed by atoms with Crippen molar-refractivity contribution in [3.63, 3.8) is 0 Å². The third kappa shape index (κ3) is 2.71. The predicted octanol–water partition coefficient (Wildman–Crippen LogP) is 2.60. The molecule has 2 rings (SSSR count). The summed E-state index contributed by atoms with van der Waals surface area (Å²) in [4.78, 5) is 11.5. The average molecular weight is 253 g/mol. The van der Waals surface area contributed by atoms with Gasteiger partial charge in [0, 0.05) is 12.1 Å². The van der Waals surface area contributed by atoms with Crippen LogP contribution < -0.4 is 5.32 Å². The van der Waals surface area contributed by atoms with Gasteiger partial charge in [-0.2, -0.15) is 0 Å². The molecule has 2 aliphatic rings. The van der Waals surface area contributed by atoms with Crippen LogP contribution in [0.4, 0.5) is 0 Å². The van der Waals surface area contributed by atoms with E-state index in [1.54, 1.807) is 0 Å². The van der Waals surface area contributed by atoms with E-state index in [0.717, 1.165) is 17.8 Å². The van der Waals surface area contributed by atoms with E-state index in [1.165, 1.54) is 32.8 Å². The Kier molecular flexibility index (Phi) is 4.31. The summed E-state index contributed by atoms with van der Waals surface area (Å²) in [6.45, 7) is 6.31. The summed E-state index contributed by atoms with van der Waals surface area (Å²) in [6.07, 6.45) is 5.69. The van der Waals surface area contributed by atoms with Gasteiger partial charge in [-0.05, 0) is 50.9 Å². The van der Waals surface area contributed by atoms with Gasteiger partial charge in [0.1, 0.15) is 0 Å². The molecule has 104 valence electrons. The number of hydrogen-bond donors (Lipinski definition) is 1. The van der Waals surface area contributed by atoms with Crippen molar-refractivity contribution in [3.8, 4) is 0 Å². The van der Waals surface area contributed by atoms with Crippen molar-refractivity contribution in [2.75, 3.05) is 7.11 Å². The maximum absolute atomic E-state index is 11.5. The van der Waals surface area contributed by atoms with Gasteiger partial charge in [-0.15, -0.1) is 0 Å². The Morgan fingerprint density at radius 2 is 1.94 bits per heavy atom. The molecule has 0 amide bonds. The Bertz CT molecular complexity index is 305. The number of carbonyl (C=O) groups excluding carboxylic acids is 1. The monoisotopic (exact) mass is 253 g/mol. The fraction of sp³-hybridized carbons (Fsp3) is 0.933. The summed E-state index contributed by atoms with van der Waals surface area (Å²) in [5.74, 6) is 2.54. The minimum absolute atomic E-state index is 0.0731. The number of hydrogen-bond acceptors (Lipinski definition) is 3. The lowest BCUT2D eigenvalue weighted by molar-refractivity contribution is -0.145. The molecule has 2 aliphatic carbocycles. The van der Waals surface area contributed by atoms with Gasteiger partial charge in [0.05, 0.1) is 13.0 Å². The van der Waals surface area contributed by atoms with Crippen LogP contribution >= 0.6 is 0 Å². The molecule has 2 saturated carbocycles. The molecule has 0 radical (unpaired) electrons. The van der Waals surface area contributed by atoms with Gasteiger partial charge in [0.15, 0.2) is 0 Å². The van der Waals surface area contributed by atoms with Crippen LogP contribution in [0.2, 0.25) is 0 Å². The Balaban J connectivity index is 1.83. The van der Waals surface area contributed by atoms with Crippen molar-refractivity contribution in [1.82, 2.24) is 5.32 Å². The predicted molar refractivity (Wildman–Crippen MR) is 72.2 cm³/mol. The number of fused-ring (bicyclic) bond motifs is 2. The standard InChI is InChI=1S/C15H27NO2/c1-9(15(17)18-4)10(2)16-11(3)14-8-12-5-6-13(14)7-12/h9-14,16H,5-8H2,1-4H3. The largest absolute Gasteiger partial charge is 0.469 e. The summed E-state index contributed by atoms with van der Waals surface area (Å²) >= 11 is 0. The molecule has 6 atom stereocenters. The lowest BCUT2D eigenvalue weighted by atomic mass is 9.83. The molecule has 18 heavy (non-hydrogen) atoms. The Hall–Kier alpha value is -0.570. The molecule has 0 heterocycles. The van der Waals surface area contributed by atoms with Gasteiger partial charge in [-0.3, -0.25) is 4.79 Å². The second-order valence-electron chi connectivity index (χ2n) is 6.39. The van der Waals surface area contributed by atoms with E-state index in [4.69, 9.17) is 4.74 Å². The third-order valence-corrected chi connectivity index (χ3v) is 5.28. The Labute approximate surface area is 111 Å². The van der Waals surface area contributed by atoms with E-state index in [0.29, 0.717) is 6.04 Å². The summed E-state index contributed by atoms with van der Waals surface area (Å²) in [6, 6.07) is 0.703. The number of ether oxygens (including phenoxy) is 1. The van der Waals surface area contributed by atoms with Crippen LogP contribution in [0.5, 0.6) is 0 Å². The summed E-state index contributed by atoms with van der Waals surface area (Å²) in [5, 5.41) is 3.62. The van der Waals surface area contributed by atoms with Crippen LogP contribution in [-0.4, -0.2) is 25.2 Å². The van der Waals surface area contributed by atoms with Crippen LogP contribution in [0.15, 0.2) is 0 Å². The summed E-state index contributed by atoms with van der Waals surface area (Å²) < 4.78 is 4.81. The second-order valence-corrected chi connectivity index (χ2v) is 6.39. The van der Waals surface area contributed by atoms with Crippen LogP contribution in [0.25, 0.3) is 0 Å². The maximum Gasteiger partial charge on any atom is 0.309 e. The van der Waals surface area contributed by atoms with Crippen molar-refractivity contribution in [2.24, 2.45) is 23.7 Å². The molecule has 0 aliphatic heterocycles. The molecular weight excluding hydrogens is 226 g/mol. The van der Waals surface area contributed by atoms with E-state index >= 15 is 0 Å². The molecule has 2 bridgehead atoms. The molecule has 0 spiro atoms. The zero-order valence-corrected chi connectivity index (χ0v) is 12.1. The first kappa shape index (κ1) is 13.9. The zero-order valence-electron chi connectivity index (χ0n) is 12.1. The fourth-order valence-corrected chi connectivity index (χ4v) is 3.98. The van der Waals surface area contributed by atoms with Crippen molar-refractivity contribution in [2.45, 2.75) is 58.5 Å². The Morgan fingerprint density at radius 3 is 2.44 bits per heavy atom. The quantitative estimate of drug-likeness (QED) is 0.765. The average Bonchev–Trinajstić information content (AvgIpc) is 2.98. The van der Waals surface area contributed by atoms with Crippen molar-refractivity contribution < 1.29 is 9.53 Å². The first-order valence-electron chi connectivity index (χ1n) is 7.36. The molecule has 3 nitrogen and oxygen atoms in total. The molecule has 0 aromatic heterocycles. The lowest BCUT2D eigenvalue weighted by Crippen LogP contribution is -2.45. The zero-order chi connectivity index (χ0) is 13.3. The number of esters is 1. The lowest BCUT2D eigenvalue weighted by Gasteiger charge is -2.32. The molecule has 2 fully saturated rings. The second kappa shape index (κ2) is 5.60. The minimum atomic E-state index is -0.116. The van der Waals surface area contributed by atoms with Crippen molar-refractivity contribution >= 4 is 5.97 Å². The van der Waals surface area contributed by atoms with Crippen LogP contribution in [0, 0.1) is 23.7 Å². The highest BCUT2D eigenvalue weighted by molar-refractivity contribution is 5.72. The van der Waals surface area contributed by atoms with E-state index in [-0.39, 0.29) is 17.9 Å². The topological polar surface area (TPSA) is 38.3 Å². The number of nitrogens with one attached hydrogen (secondary N) is 1. The maximum atomic E-state index is 11.5. The van der Waals surface area contributed by atoms with Crippen LogP contribution in [0.1, 0.15) is 46.5 Å². The first-order chi connectivity index (χ1) is 8.52. The molecule has 0 aromatic rings. The molecule has 3 heteroatoms. The normalized spacial score (nSPS) is 35.2. The third-order valence-electron chi connectivity index (χ3n) is 5.28. The van der Waals surface area contributed by atoms with Gasteiger partial charge < -0.3 is 10.1 Å². The van der Waals surface area contributed by atoms with Crippen LogP contribution in [0.3, 0.4) is 0 Å². The number of rotatable bonds is 5. The van der Waals surface area contributed by atoms with Gasteiger partial charge in [-0.1, -0.05) is 13.3 Å². The van der Waals surface area contributed by atoms with Gasteiger partial charge in [0.25, 0.3) is 0 Å². The van der Waals surface area contributed by atoms with E-state index in [9.17, 15) is 4.79 Å². The van der Waals surface area contributed by atoms with Crippen molar-refractivity contribution in [3.05, 3.63) is 0 Å². The number of carbonyl (C=O) groups is 1. The van der Waals surface area contributed by atoms with E-state index < -0.39 is 0 Å². The fourth-order valence-electron chi connectivity index (χ4n) is 3.98. The molecule has 1 N–H and O–H groups in total. The Morgan fingerprint density at radius 1 is 1.22 bits per heavy atom. The molecule has 0 saturated heterocycles.